The lowest BCUT2D eigenvalue weighted by Gasteiger charge is -2.38. The summed E-state index contributed by atoms with van der Waals surface area (Å²) in [6, 6.07) is 5.18. The van der Waals surface area contributed by atoms with Crippen LogP contribution in [0.15, 0.2) is 30.9 Å². The van der Waals surface area contributed by atoms with E-state index in [2.05, 4.69) is 21.7 Å². The fraction of sp³-hybridized carbons (Fsp3) is 0.444. The Morgan fingerprint density at radius 2 is 2.11 bits per heavy atom. The average molecular weight is 389 g/mol. The molecule has 1 aromatic carbocycles. The summed E-state index contributed by atoms with van der Waals surface area (Å²) in [6.45, 7) is 6.25. The monoisotopic (exact) mass is 389 g/mol. The van der Waals surface area contributed by atoms with Gasteiger partial charge in [0.05, 0.1) is 12.3 Å². The number of hydrogen-bond acceptors (Lipinski definition) is 6. The molecule has 0 bridgehead atoms. The third-order valence-electron chi connectivity index (χ3n) is 5.25. The number of benzene rings is 1. The van der Waals surface area contributed by atoms with E-state index in [1.807, 2.05) is 10.6 Å². The highest BCUT2D eigenvalue weighted by molar-refractivity contribution is 7.88. The highest BCUT2D eigenvalue weighted by Gasteiger charge is 2.40. The highest BCUT2D eigenvalue weighted by atomic mass is 32.2. The topological polar surface area (TPSA) is 91.6 Å². The predicted molar refractivity (Wildman–Crippen MR) is 102 cm³/mol. The molecule has 8 nitrogen and oxygen atoms in total. The van der Waals surface area contributed by atoms with Gasteiger partial charge in [0.1, 0.15) is 5.75 Å². The lowest BCUT2D eigenvalue weighted by Crippen LogP contribution is -2.45. The van der Waals surface area contributed by atoms with Crippen molar-refractivity contribution in [3.8, 4) is 5.75 Å². The second-order valence-corrected chi connectivity index (χ2v) is 9.00. The Hall–Kier alpha value is -2.39. The first kappa shape index (κ1) is 18.0. The van der Waals surface area contributed by atoms with Gasteiger partial charge in [0.25, 0.3) is 0 Å². The number of anilines is 1. The van der Waals surface area contributed by atoms with Crippen LogP contribution in [0.1, 0.15) is 29.4 Å². The van der Waals surface area contributed by atoms with E-state index >= 15 is 0 Å². The molecule has 144 valence electrons. The van der Waals surface area contributed by atoms with Crippen molar-refractivity contribution in [1.82, 2.24) is 19.1 Å². The summed E-state index contributed by atoms with van der Waals surface area (Å²) < 4.78 is 27.3. The number of sulfonamides is 1. The van der Waals surface area contributed by atoms with Crippen molar-refractivity contribution in [2.24, 2.45) is 0 Å². The zero-order valence-corrected chi connectivity index (χ0v) is 16.1. The number of aromatic nitrogens is 3. The molecule has 1 N–H and O–H groups in total. The van der Waals surface area contributed by atoms with Gasteiger partial charge in [-0.1, -0.05) is 12.1 Å². The summed E-state index contributed by atoms with van der Waals surface area (Å²) in [4.78, 5) is 2.12. The van der Waals surface area contributed by atoms with Gasteiger partial charge in [-0.2, -0.15) is 4.31 Å². The highest BCUT2D eigenvalue weighted by Crippen LogP contribution is 2.36. The van der Waals surface area contributed by atoms with Crippen LogP contribution in [0.3, 0.4) is 0 Å². The van der Waals surface area contributed by atoms with Crippen molar-refractivity contribution in [1.29, 1.82) is 0 Å². The molecule has 1 aromatic heterocycles. The second-order valence-electron chi connectivity index (χ2n) is 7.06. The van der Waals surface area contributed by atoms with E-state index in [0.717, 1.165) is 24.9 Å². The number of nitrogens with zero attached hydrogens (tertiary/aromatic N) is 5. The van der Waals surface area contributed by atoms with Crippen molar-refractivity contribution in [2.75, 3.05) is 24.2 Å². The molecule has 1 fully saturated rings. The number of phenolic OH excluding ortho intramolecular Hbond substituents is 1. The summed E-state index contributed by atoms with van der Waals surface area (Å²) >= 11 is 0. The molecule has 0 amide bonds. The molecule has 0 radical (unpaired) electrons. The molecule has 1 atom stereocenters. The summed E-state index contributed by atoms with van der Waals surface area (Å²) in [5.41, 5.74) is 2.29. The first-order chi connectivity index (χ1) is 12.9. The Morgan fingerprint density at radius 3 is 2.78 bits per heavy atom. The predicted octanol–water partition coefficient (Wildman–Crippen LogP) is 1.44. The number of fused-ring (bicyclic) bond motifs is 1. The van der Waals surface area contributed by atoms with Gasteiger partial charge in [0.15, 0.2) is 5.82 Å². The van der Waals surface area contributed by atoms with Gasteiger partial charge in [0.2, 0.25) is 16.0 Å². The van der Waals surface area contributed by atoms with Gasteiger partial charge in [-0.25, -0.2) is 8.42 Å². The standard InChI is InChI=1S/C18H23N5O3S/c1-3-8-22-17(16-7-10-23(16)27(2,25)26)19-20-18(22)21-9-6-13-4-5-15(24)11-14(13)12-21/h3-5,11,16,24H,1,6-10,12H2,2H3. The Bertz CT molecular complexity index is 985. The van der Waals surface area contributed by atoms with Crippen molar-refractivity contribution in [2.45, 2.75) is 32.0 Å². The maximum atomic E-state index is 12.0. The maximum Gasteiger partial charge on any atom is 0.227 e. The fourth-order valence-corrected chi connectivity index (χ4v) is 4.92. The molecule has 27 heavy (non-hydrogen) atoms. The van der Waals surface area contributed by atoms with Gasteiger partial charge in [-0.3, -0.25) is 4.57 Å². The average Bonchev–Trinajstić information content (AvgIpc) is 2.95. The Kier molecular flexibility index (Phi) is 4.43. The second kappa shape index (κ2) is 6.65. The summed E-state index contributed by atoms with van der Waals surface area (Å²) in [6.07, 6.45) is 4.58. The third kappa shape index (κ3) is 3.21. The van der Waals surface area contributed by atoms with E-state index < -0.39 is 10.0 Å². The van der Waals surface area contributed by atoms with E-state index in [1.54, 1.807) is 18.2 Å². The third-order valence-corrected chi connectivity index (χ3v) is 6.54. The molecule has 3 heterocycles. The quantitative estimate of drug-likeness (QED) is 0.778. The zero-order chi connectivity index (χ0) is 19.2. The largest absolute Gasteiger partial charge is 0.508 e. The molecule has 2 aliphatic rings. The number of allylic oxidation sites excluding steroid dienone is 1. The van der Waals surface area contributed by atoms with Gasteiger partial charge in [0, 0.05) is 26.2 Å². The minimum absolute atomic E-state index is 0.252. The zero-order valence-electron chi connectivity index (χ0n) is 15.2. The molecular weight excluding hydrogens is 366 g/mol. The molecule has 0 saturated carbocycles. The van der Waals surface area contributed by atoms with Crippen LogP contribution in [0.2, 0.25) is 0 Å². The van der Waals surface area contributed by atoms with Gasteiger partial charge in [-0.15, -0.1) is 16.8 Å². The van der Waals surface area contributed by atoms with Gasteiger partial charge in [-0.05, 0) is 36.1 Å². The minimum Gasteiger partial charge on any atom is -0.508 e. The molecule has 1 unspecified atom stereocenters. The Balaban J connectivity index is 1.66. The molecule has 2 aromatic rings. The van der Waals surface area contributed by atoms with Crippen LogP contribution in [-0.4, -0.2) is 51.9 Å². The van der Waals surface area contributed by atoms with E-state index in [0.29, 0.717) is 31.4 Å². The lowest BCUT2D eigenvalue weighted by atomic mass is 10.00. The number of hydrogen-bond donors (Lipinski definition) is 1. The van der Waals surface area contributed by atoms with Crippen molar-refractivity contribution in [3.63, 3.8) is 0 Å². The van der Waals surface area contributed by atoms with Gasteiger partial charge >= 0.3 is 0 Å². The Morgan fingerprint density at radius 1 is 1.30 bits per heavy atom. The number of phenols is 1. The smallest absolute Gasteiger partial charge is 0.227 e. The molecule has 2 aliphatic heterocycles. The van der Waals surface area contributed by atoms with Crippen molar-refractivity contribution in [3.05, 3.63) is 47.8 Å². The number of aromatic hydroxyl groups is 1. The van der Waals surface area contributed by atoms with Crippen LogP contribution >= 0.6 is 0 Å². The summed E-state index contributed by atoms with van der Waals surface area (Å²) in [5.74, 6) is 1.62. The summed E-state index contributed by atoms with van der Waals surface area (Å²) in [5, 5.41) is 18.5. The fourth-order valence-electron chi connectivity index (χ4n) is 3.82. The Labute approximate surface area is 158 Å². The maximum absolute atomic E-state index is 12.0. The van der Waals surface area contributed by atoms with Crippen LogP contribution in [0, 0.1) is 0 Å². The van der Waals surface area contributed by atoms with Gasteiger partial charge < -0.3 is 10.0 Å². The first-order valence-corrected chi connectivity index (χ1v) is 10.8. The molecule has 9 heteroatoms. The molecule has 1 saturated heterocycles. The van der Waals surface area contributed by atoms with Crippen LogP contribution in [0.5, 0.6) is 5.75 Å². The summed E-state index contributed by atoms with van der Waals surface area (Å²) in [7, 11) is -3.27. The lowest BCUT2D eigenvalue weighted by molar-refractivity contribution is 0.189. The van der Waals surface area contributed by atoms with E-state index in [-0.39, 0.29) is 11.8 Å². The van der Waals surface area contributed by atoms with Crippen molar-refractivity contribution >= 4 is 16.0 Å². The van der Waals surface area contributed by atoms with Crippen LogP contribution in [-0.2, 0) is 29.5 Å². The van der Waals surface area contributed by atoms with E-state index in [4.69, 9.17) is 0 Å². The van der Waals surface area contributed by atoms with E-state index in [1.165, 1.54) is 16.1 Å². The first-order valence-electron chi connectivity index (χ1n) is 8.95. The van der Waals surface area contributed by atoms with E-state index in [9.17, 15) is 13.5 Å². The minimum atomic E-state index is -3.27. The molecule has 0 spiro atoms. The van der Waals surface area contributed by atoms with Crippen LogP contribution < -0.4 is 4.90 Å². The molecule has 4 rings (SSSR count). The molecular formula is C18H23N5O3S. The molecule has 0 aliphatic carbocycles. The normalized spacial score (nSPS) is 20.2. The van der Waals surface area contributed by atoms with Crippen LogP contribution in [0.25, 0.3) is 0 Å². The SMILES string of the molecule is C=CCn1c(C2CCN2S(C)(=O)=O)nnc1N1CCc2ccc(O)cc2C1. The van der Waals surface area contributed by atoms with Crippen molar-refractivity contribution < 1.29 is 13.5 Å². The number of rotatable bonds is 5. The van der Waals surface area contributed by atoms with Crippen LogP contribution in [0.4, 0.5) is 5.95 Å².